The van der Waals surface area contributed by atoms with E-state index in [-0.39, 0.29) is 0 Å². The highest BCUT2D eigenvalue weighted by atomic mass is 15.0. The molecule has 0 radical (unpaired) electrons. The number of rotatable bonds is 4. The Morgan fingerprint density at radius 3 is 2.50 bits per heavy atom. The summed E-state index contributed by atoms with van der Waals surface area (Å²) in [6, 6.07) is 6.57. The zero-order valence-corrected chi connectivity index (χ0v) is 12.3. The van der Waals surface area contributed by atoms with Crippen molar-refractivity contribution < 1.29 is 0 Å². The van der Waals surface area contributed by atoms with Crippen LogP contribution in [0.3, 0.4) is 0 Å². The number of hydrogen-bond donors (Lipinski definition) is 0. The molecule has 0 atom stereocenters. The van der Waals surface area contributed by atoms with Crippen LogP contribution in [0.1, 0.15) is 26.3 Å². The van der Waals surface area contributed by atoms with Gasteiger partial charge in [-0.05, 0) is 42.9 Å². The van der Waals surface area contributed by atoms with E-state index in [1.54, 1.807) is 0 Å². The summed E-state index contributed by atoms with van der Waals surface area (Å²) in [5.74, 6) is 0.566. The summed E-state index contributed by atoms with van der Waals surface area (Å²) in [6.07, 6.45) is 4.01. The topological polar surface area (TPSA) is 3.24 Å². The fourth-order valence-electron chi connectivity index (χ4n) is 2.06. The monoisotopic (exact) mass is 243 g/mol. The molecule has 1 rings (SSSR count). The van der Waals surface area contributed by atoms with Gasteiger partial charge in [0.2, 0.25) is 0 Å². The summed E-state index contributed by atoms with van der Waals surface area (Å²) >= 11 is 0. The lowest BCUT2D eigenvalue weighted by Crippen LogP contribution is -2.33. The summed E-state index contributed by atoms with van der Waals surface area (Å²) in [7, 11) is 4.20. The molecule has 0 amide bonds. The molecule has 18 heavy (non-hydrogen) atoms. The van der Waals surface area contributed by atoms with Crippen LogP contribution >= 0.6 is 0 Å². The molecular formula is C17H25N. The highest BCUT2D eigenvalue weighted by Crippen LogP contribution is 2.06. The Hall–Kier alpha value is -1.34. The Bertz CT molecular complexity index is 521. The summed E-state index contributed by atoms with van der Waals surface area (Å²) < 4.78 is 0. The first-order chi connectivity index (χ1) is 8.47. The van der Waals surface area contributed by atoms with Crippen molar-refractivity contribution in [1.82, 2.24) is 4.90 Å². The molecule has 1 aromatic rings. The maximum absolute atomic E-state index is 3.84. The lowest BCUT2D eigenvalue weighted by Gasteiger charge is -2.12. The van der Waals surface area contributed by atoms with Gasteiger partial charge in [0.05, 0.1) is 0 Å². The van der Waals surface area contributed by atoms with Crippen molar-refractivity contribution in [1.29, 1.82) is 0 Å². The Labute approximate surface area is 111 Å². The second kappa shape index (κ2) is 6.55. The van der Waals surface area contributed by atoms with Gasteiger partial charge >= 0.3 is 0 Å². The van der Waals surface area contributed by atoms with Gasteiger partial charge in [0.25, 0.3) is 0 Å². The van der Waals surface area contributed by atoms with Crippen molar-refractivity contribution in [2.24, 2.45) is 5.92 Å². The minimum Gasteiger partial charge on any atom is -0.305 e. The lowest BCUT2D eigenvalue weighted by atomic mass is 9.98. The Kier molecular flexibility index (Phi) is 5.36. The largest absolute Gasteiger partial charge is 0.305 e. The summed E-state index contributed by atoms with van der Waals surface area (Å²) in [5.41, 5.74) is 2.79. The minimum absolute atomic E-state index is 0.566. The molecule has 0 N–H and O–H groups in total. The average Bonchev–Trinajstić information content (AvgIpc) is 2.30. The molecule has 0 spiro atoms. The van der Waals surface area contributed by atoms with Crippen molar-refractivity contribution in [3.8, 4) is 0 Å². The van der Waals surface area contributed by atoms with E-state index in [0.29, 0.717) is 5.92 Å². The van der Waals surface area contributed by atoms with Gasteiger partial charge in [-0.2, -0.15) is 0 Å². The van der Waals surface area contributed by atoms with Crippen molar-refractivity contribution in [3.63, 3.8) is 0 Å². The molecule has 1 heteroatoms. The molecule has 0 aromatic heterocycles. The molecule has 0 aliphatic heterocycles. The van der Waals surface area contributed by atoms with Gasteiger partial charge in [-0.25, -0.2) is 0 Å². The quantitative estimate of drug-likeness (QED) is 0.785. The van der Waals surface area contributed by atoms with Crippen LogP contribution in [0, 0.1) is 5.92 Å². The van der Waals surface area contributed by atoms with E-state index in [1.807, 2.05) is 6.08 Å². The minimum atomic E-state index is 0.566. The standard InChI is InChI=1S/C17H25N/c1-7-9-17-15(12-18(5)6)10-8-11-16(17)14(4)13(2)3/h7-11,13H,1,12H2,2-6H3/b16-14+,17-9-. The first kappa shape index (κ1) is 14.7. The van der Waals surface area contributed by atoms with Crippen LogP contribution < -0.4 is 10.4 Å². The smallest absolute Gasteiger partial charge is 0.0233 e. The molecule has 0 bridgehead atoms. The van der Waals surface area contributed by atoms with Crippen molar-refractivity contribution >= 4 is 11.6 Å². The SMILES string of the molecule is C=C/C=c1/c(CN(C)C)ccc/c1=C(/C)C(C)C. The number of nitrogens with zero attached hydrogens (tertiary/aromatic N) is 1. The molecule has 0 fully saturated rings. The van der Waals surface area contributed by atoms with E-state index in [2.05, 4.69) is 70.6 Å². The highest BCUT2D eigenvalue weighted by Gasteiger charge is 2.02. The van der Waals surface area contributed by atoms with E-state index in [4.69, 9.17) is 0 Å². The first-order valence-corrected chi connectivity index (χ1v) is 6.53. The maximum Gasteiger partial charge on any atom is 0.0233 e. The van der Waals surface area contributed by atoms with Crippen LogP contribution in [-0.4, -0.2) is 19.0 Å². The van der Waals surface area contributed by atoms with Crippen LogP contribution in [0.4, 0.5) is 0 Å². The van der Waals surface area contributed by atoms with Gasteiger partial charge in [-0.1, -0.05) is 56.4 Å². The summed E-state index contributed by atoms with van der Waals surface area (Å²) in [6.45, 7) is 11.5. The summed E-state index contributed by atoms with van der Waals surface area (Å²) in [4.78, 5) is 2.20. The van der Waals surface area contributed by atoms with Gasteiger partial charge in [-0.15, -0.1) is 0 Å². The molecular weight excluding hydrogens is 218 g/mol. The zero-order valence-electron chi connectivity index (χ0n) is 12.3. The summed E-state index contributed by atoms with van der Waals surface area (Å²) in [5, 5.41) is 2.66. The third-order valence-corrected chi connectivity index (χ3v) is 3.26. The second-order valence-corrected chi connectivity index (χ2v) is 5.36. The predicted octanol–water partition coefficient (Wildman–Crippen LogP) is 2.54. The zero-order chi connectivity index (χ0) is 13.7. The second-order valence-electron chi connectivity index (χ2n) is 5.36. The van der Waals surface area contributed by atoms with Crippen LogP contribution in [0.25, 0.3) is 11.6 Å². The Balaban J connectivity index is 3.60. The fourth-order valence-corrected chi connectivity index (χ4v) is 2.06. The average molecular weight is 243 g/mol. The van der Waals surface area contributed by atoms with Crippen LogP contribution in [0.15, 0.2) is 30.9 Å². The fraction of sp³-hybridized carbons (Fsp3) is 0.412. The number of benzene rings is 1. The van der Waals surface area contributed by atoms with Crippen molar-refractivity contribution in [2.45, 2.75) is 27.3 Å². The molecule has 0 saturated heterocycles. The molecule has 0 aliphatic rings. The van der Waals surface area contributed by atoms with Gasteiger partial charge in [-0.3, -0.25) is 0 Å². The normalized spacial score (nSPS) is 14.3. The van der Waals surface area contributed by atoms with Gasteiger partial charge in [0.1, 0.15) is 0 Å². The van der Waals surface area contributed by atoms with Crippen molar-refractivity contribution in [2.75, 3.05) is 14.1 Å². The van der Waals surface area contributed by atoms with Crippen LogP contribution in [0.2, 0.25) is 0 Å². The maximum atomic E-state index is 3.84. The van der Waals surface area contributed by atoms with Gasteiger partial charge in [0, 0.05) is 6.54 Å². The Morgan fingerprint density at radius 1 is 1.33 bits per heavy atom. The lowest BCUT2D eigenvalue weighted by molar-refractivity contribution is 0.401. The van der Waals surface area contributed by atoms with Crippen LogP contribution in [0.5, 0.6) is 0 Å². The van der Waals surface area contributed by atoms with Gasteiger partial charge in [0.15, 0.2) is 0 Å². The molecule has 0 unspecified atom stereocenters. The third kappa shape index (κ3) is 3.58. The number of allylic oxidation sites excluding steroid dienone is 1. The van der Waals surface area contributed by atoms with Gasteiger partial charge < -0.3 is 4.90 Å². The van der Waals surface area contributed by atoms with E-state index >= 15 is 0 Å². The highest BCUT2D eigenvalue weighted by molar-refractivity contribution is 5.49. The van der Waals surface area contributed by atoms with E-state index in [9.17, 15) is 0 Å². The van der Waals surface area contributed by atoms with E-state index < -0.39 is 0 Å². The number of hydrogen-bond acceptors (Lipinski definition) is 1. The van der Waals surface area contributed by atoms with Crippen LogP contribution in [-0.2, 0) is 6.54 Å². The molecule has 98 valence electrons. The third-order valence-electron chi connectivity index (χ3n) is 3.26. The molecule has 1 aromatic carbocycles. The molecule has 1 nitrogen and oxygen atoms in total. The predicted molar refractivity (Wildman–Crippen MR) is 81.7 cm³/mol. The van der Waals surface area contributed by atoms with Crippen molar-refractivity contribution in [3.05, 3.63) is 46.9 Å². The molecule has 0 aliphatic carbocycles. The van der Waals surface area contributed by atoms with E-state index in [1.165, 1.54) is 21.6 Å². The van der Waals surface area contributed by atoms with E-state index in [0.717, 1.165) is 6.54 Å². The first-order valence-electron chi connectivity index (χ1n) is 6.53. The Morgan fingerprint density at radius 2 is 2.00 bits per heavy atom. The molecule has 0 saturated carbocycles. The molecule has 0 heterocycles.